The van der Waals surface area contributed by atoms with Gasteiger partial charge in [-0.25, -0.2) is 18.7 Å². The Bertz CT molecular complexity index is 1540. The molecule has 24 nitrogen and oxygen atoms in total. The van der Waals surface area contributed by atoms with Gasteiger partial charge in [0.2, 0.25) is 5.91 Å². The van der Waals surface area contributed by atoms with E-state index in [9.17, 15) is 69.8 Å². The van der Waals surface area contributed by atoms with Gasteiger partial charge in [-0.2, -0.15) is 4.98 Å². The van der Waals surface area contributed by atoms with Crippen LogP contribution in [0.2, 0.25) is 0 Å². The third-order valence-corrected chi connectivity index (χ3v) is 10.1. The lowest BCUT2D eigenvalue weighted by Gasteiger charge is -2.45. The maximum atomic E-state index is 13.0. The number of aliphatic hydroxyl groups is 8. The number of aromatic nitrogens is 2. The number of carbonyl (C=O) groups is 2. The quantitative estimate of drug-likeness (QED) is 0.0736. The van der Waals surface area contributed by atoms with Crippen molar-refractivity contribution >= 4 is 25.5 Å². The lowest BCUT2D eigenvalue weighted by atomic mass is 9.84. The van der Waals surface area contributed by atoms with E-state index in [-0.39, 0.29) is 12.2 Å². The minimum atomic E-state index is -5.54. The second kappa shape index (κ2) is 17.4. The molecule has 3 aliphatic heterocycles. The van der Waals surface area contributed by atoms with Crippen molar-refractivity contribution in [3.05, 3.63) is 22.7 Å². The molecular formula is C28H45N4O20P. The van der Waals surface area contributed by atoms with Crippen LogP contribution in [0.25, 0.3) is 0 Å². The van der Waals surface area contributed by atoms with Crippen molar-refractivity contribution in [1.29, 1.82) is 0 Å². The monoisotopic (exact) mass is 788 g/mol. The number of phosphoric acid groups is 1. The summed E-state index contributed by atoms with van der Waals surface area (Å²) in [5, 5.41) is 95.3. The molecule has 3 saturated heterocycles. The van der Waals surface area contributed by atoms with Gasteiger partial charge in [-0.15, -0.1) is 0 Å². The minimum absolute atomic E-state index is 0.144. The Hall–Kier alpha value is -2.75. The van der Waals surface area contributed by atoms with E-state index in [1.54, 1.807) is 6.92 Å². The number of ether oxygens (including phenoxy) is 4. The zero-order valence-electron chi connectivity index (χ0n) is 28.2. The maximum Gasteiger partial charge on any atom is 0.475 e. The van der Waals surface area contributed by atoms with Crippen molar-refractivity contribution in [2.45, 2.75) is 112 Å². The van der Waals surface area contributed by atoms with Crippen molar-refractivity contribution in [2.75, 3.05) is 25.5 Å². The Kier molecular flexibility index (Phi) is 14.1. The van der Waals surface area contributed by atoms with Crippen molar-refractivity contribution in [3.63, 3.8) is 0 Å². The average molecular weight is 789 g/mol. The highest BCUT2D eigenvalue weighted by Crippen LogP contribution is 2.52. The number of hydrogen-bond acceptors (Lipinski definition) is 20. The number of amides is 1. The Morgan fingerprint density at radius 3 is 2.38 bits per heavy atom. The number of carboxylic acid groups (broad SMARTS) is 1. The normalized spacial score (nSPS) is 38.5. The van der Waals surface area contributed by atoms with E-state index >= 15 is 0 Å². The first-order valence-electron chi connectivity index (χ1n) is 16.3. The first kappa shape index (κ1) is 43.0. The zero-order valence-corrected chi connectivity index (χ0v) is 29.1. The molecule has 0 aliphatic carbocycles. The van der Waals surface area contributed by atoms with Crippen LogP contribution in [0.3, 0.4) is 0 Å². The van der Waals surface area contributed by atoms with E-state index in [1.165, 1.54) is 13.0 Å². The Morgan fingerprint density at radius 2 is 1.75 bits per heavy atom. The molecule has 0 saturated carbocycles. The summed E-state index contributed by atoms with van der Waals surface area (Å²) < 4.78 is 44.9. The number of nitrogen functional groups attached to an aromatic ring is 1. The number of hydrogen-bond donors (Lipinski definition) is 12. The summed E-state index contributed by atoms with van der Waals surface area (Å²) in [6.45, 7) is 0.431. The van der Waals surface area contributed by atoms with Crippen LogP contribution in [-0.2, 0) is 42.1 Å². The third kappa shape index (κ3) is 9.74. The molecular weight excluding hydrogens is 743 g/mol. The van der Waals surface area contributed by atoms with E-state index in [0.29, 0.717) is 0 Å². The van der Waals surface area contributed by atoms with Crippen LogP contribution < -0.4 is 16.7 Å². The Labute approximate surface area is 299 Å². The number of anilines is 1. The highest BCUT2D eigenvalue weighted by molar-refractivity contribution is 7.47. The average Bonchev–Trinajstić information content (AvgIpc) is 3.38. The maximum absolute atomic E-state index is 13.0. The van der Waals surface area contributed by atoms with Gasteiger partial charge in [-0.3, -0.25) is 13.9 Å². The largest absolute Gasteiger partial charge is 0.477 e. The predicted molar refractivity (Wildman–Crippen MR) is 169 cm³/mol. The summed E-state index contributed by atoms with van der Waals surface area (Å²) in [5.74, 6) is -7.42. The van der Waals surface area contributed by atoms with Gasteiger partial charge in [0.1, 0.15) is 55.2 Å². The van der Waals surface area contributed by atoms with Gasteiger partial charge in [0, 0.05) is 25.1 Å². The summed E-state index contributed by atoms with van der Waals surface area (Å²) in [6.07, 6.45) is -20.9. The van der Waals surface area contributed by atoms with Crippen LogP contribution in [0.5, 0.6) is 0 Å². The molecule has 16 atom stereocenters. The molecule has 25 heteroatoms. The van der Waals surface area contributed by atoms with Gasteiger partial charge in [-0.1, -0.05) is 13.8 Å². The third-order valence-electron chi connectivity index (χ3n) is 9.07. The highest BCUT2D eigenvalue weighted by Gasteiger charge is 2.58. The van der Waals surface area contributed by atoms with Crippen LogP contribution in [0.1, 0.15) is 32.9 Å². The van der Waals surface area contributed by atoms with Gasteiger partial charge < -0.3 is 80.9 Å². The van der Waals surface area contributed by atoms with E-state index in [2.05, 4.69) is 10.3 Å². The molecule has 0 aromatic carbocycles. The highest BCUT2D eigenvalue weighted by atomic mass is 31.2. The SMILES string of the molecule is CCC1O[C@H](OCC(=O)NC[C@@H](O)[C@@H](O)C2OC(OP(=O)(O)OCC3OC(n4ccc(N)nc4=O)C(O)C3O)(C(=O)O)CC(O)C2C)C(O)[C@@H](O)[C@@H]1O. The van der Waals surface area contributed by atoms with Gasteiger partial charge in [0.25, 0.3) is 5.79 Å². The Morgan fingerprint density at radius 1 is 1.09 bits per heavy atom. The second-order valence-electron chi connectivity index (χ2n) is 12.8. The topological polar surface area (TPSA) is 382 Å². The van der Waals surface area contributed by atoms with Crippen LogP contribution in [0.4, 0.5) is 5.82 Å². The molecule has 1 amide bonds. The summed E-state index contributed by atoms with van der Waals surface area (Å²) in [6, 6.07) is 1.20. The first-order chi connectivity index (χ1) is 24.7. The molecule has 3 fully saturated rings. The van der Waals surface area contributed by atoms with Crippen molar-refractivity contribution in [1.82, 2.24) is 14.9 Å². The standard InChI is InChI=1S/C28H45N4O20P/c1-3-13-18(37)20(39)22(41)25(50-13)47-9-16(35)30-7-12(34)17(36)23-10(2)11(33)6-28(51-23,26(42)43)52-53(45,46)48-8-14-19(38)21(40)24(49-14)32-5-4-15(29)31-27(32)44/h4-5,10-14,17-25,33-34,36-41H,3,6-9H2,1-2H3,(H,30,35)(H,42,43)(H,45,46)(H2,29,31,44)/t10?,11?,12-,13?,14?,17-,18-,19?,20+,21?,22?,23?,24?,25+,28?/m1/s1. The first-order valence-corrected chi connectivity index (χ1v) is 17.8. The van der Waals surface area contributed by atoms with Gasteiger partial charge in [0.05, 0.1) is 31.0 Å². The smallest absolute Gasteiger partial charge is 0.475 e. The van der Waals surface area contributed by atoms with Crippen LogP contribution in [-0.4, -0.2) is 171 Å². The molecule has 0 spiro atoms. The number of carbonyl (C=O) groups excluding carboxylic acids is 1. The lowest BCUT2D eigenvalue weighted by molar-refractivity contribution is -0.295. The molecule has 1 aromatic rings. The second-order valence-corrected chi connectivity index (χ2v) is 14.2. The fourth-order valence-corrected chi connectivity index (χ4v) is 6.88. The summed E-state index contributed by atoms with van der Waals surface area (Å²) in [4.78, 5) is 50.9. The molecule has 0 bridgehead atoms. The molecule has 1 aromatic heterocycles. The Balaban J connectivity index is 1.35. The van der Waals surface area contributed by atoms with E-state index in [4.69, 9.17) is 33.7 Å². The molecule has 4 heterocycles. The molecule has 53 heavy (non-hydrogen) atoms. The van der Waals surface area contributed by atoms with Gasteiger partial charge >= 0.3 is 19.5 Å². The number of rotatable bonds is 15. The molecule has 0 radical (unpaired) electrons. The predicted octanol–water partition coefficient (Wildman–Crippen LogP) is -5.78. The number of carboxylic acids is 1. The lowest BCUT2D eigenvalue weighted by Crippen LogP contribution is -2.61. The zero-order chi connectivity index (χ0) is 39.6. The molecule has 302 valence electrons. The van der Waals surface area contributed by atoms with Crippen LogP contribution in [0, 0.1) is 5.92 Å². The summed E-state index contributed by atoms with van der Waals surface area (Å²) >= 11 is 0. The number of nitrogens with zero attached hydrogens (tertiary/aromatic N) is 2. The van der Waals surface area contributed by atoms with Gasteiger partial charge in [-0.05, 0) is 12.5 Å². The molecule has 3 aliphatic rings. The summed E-state index contributed by atoms with van der Waals surface area (Å²) in [7, 11) is -5.54. The van der Waals surface area contributed by atoms with E-state index < -0.39 is 143 Å². The molecule has 13 N–H and O–H groups in total. The fourth-order valence-electron chi connectivity index (χ4n) is 5.93. The number of nitrogens with one attached hydrogen (secondary N) is 1. The number of nitrogens with two attached hydrogens (primary N) is 1. The molecule has 11 unspecified atom stereocenters. The number of aliphatic carboxylic acids is 1. The number of phosphoric ester groups is 1. The summed E-state index contributed by atoms with van der Waals surface area (Å²) in [5.41, 5.74) is 4.49. The van der Waals surface area contributed by atoms with E-state index in [0.717, 1.165) is 10.8 Å². The van der Waals surface area contributed by atoms with Crippen molar-refractivity contribution < 1.29 is 93.0 Å². The van der Waals surface area contributed by atoms with Crippen molar-refractivity contribution in [2.24, 2.45) is 5.92 Å². The minimum Gasteiger partial charge on any atom is -0.477 e. The van der Waals surface area contributed by atoms with Crippen molar-refractivity contribution in [3.8, 4) is 0 Å². The number of aliphatic hydroxyl groups excluding tert-OH is 8. The van der Waals surface area contributed by atoms with Gasteiger partial charge in [0.15, 0.2) is 12.5 Å². The molecule has 4 rings (SSSR count). The van der Waals surface area contributed by atoms with E-state index in [1.807, 2.05) is 0 Å². The fraction of sp³-hybridized carbons (Fsp3) is 0.786. The van der Waals surface area contributed by atoms with Crippen LogP contribution in [0.15, 0.2) is 17.1 Å². The van der Waals surface area contributed by atoms with Crippen LogP contribution >= 0.6 is 7.82 Å².